The Balaban J connectivity index is 1.64. The topological polar surface area (TPSA) is 163 Å². The lowest BCUT2D eigenvalue weighted by molar-refractivity contribution is 0.382. The Kier molecular flexibility index (Phi) is 8.14. The van der Waals surface area contributed by atoms with E-state index >= 15 is 0 Å². The van der Waals surface area contributed by atoms with E-state index in [9.17, 15) is 38.2 Å². The molecule has 0 aliphatic carbocycles. The molecule has 0 saturated heterocycles. The molecule has 0 radical (unpaired) electrons. The second-order valence-corrected chi connectivity index (χ2v) is 9.76. The molecule has 4 N–H and O–H groups in total. The number of pyridine rings is 1. The second kappa shape index (κ2) is 12.1. The molecule has 2 aromatic carbocycles. The summed E-state index contributed by atoms with van der Waals surface area (Å²) in [5, 5.41) is 22.6. The molecule has 0 bridgehead atoms. The lowest BCUT2D eigenvalue weighted by atomic mass is 9.87. The van der Waals surface area contributed by atoms with Crippen LogP contribution in [0.5, 0.6) is 11.8 Å². The van der Waals surface area contributed by atoms with Crippen LogP contribution in [0.1, 0.15) is 33.7 Å². The van der Waals surface area contributed by atoms with Crippen LogP contribution in [-0.2, 0) is 25.9 Å². The highest BCUT2D eigenvalue weighted by molar-refractivity contribution is 5.47. The van der Waals surface area contributed by atoms with Gasteiger partial charge in [0.05, 0.1) is 17.0 Å². The van der Waals surface area contributed by atoms with Crippen molar-refractivity contribution in [2.75, 3.05) is 0 Å². The molecule has 0 fully saturated rings. The van der Waals surface area contributed by atoms with Crippen LogP contribution in [0.2, 0.25) is 0 Å². The third-order valence-corrected chi connectivity index (χ3v) is 7.11. The lowest BCUT2D eigenvalue weighted by Crippen LogP contribution is -2.37. The van der Waals surface area contributed by atoms with E-state index in [1.54, 1.807) is 0 Å². The highest BCUT2D eigenvalue weighted by Crippen LogP contribution is 2.35. The molecule has 0 aliphatic rings. The normalized spacial score (nSPS) is 11.2. The quantitative estimate of drug-likeness (QED) is 0.205. The predicted molar refractivity (Wildman–Crippen MR) is 151 cm³/mol. The van der Waals surface area contributed by atoms with Crippen molar-refractivity contribution in [2.24, 2.45) is 0 Å². The monoisotopic (exact) mass is 589 g/mol. The van der Waals surface area contributed by atoms with Gasteiger partial charge in [0.25, 0.3) is 11.1 Å². The first-order chi connectivity index (χ1) is 20.6. The smallest absolute Gasteiger partial charge is 0.331 e. The number of benzene rings is 2. The molecule has 0 aliphatic heterocycles. The Morgan fingerprint density at radius 2 is 1.05 bits per heavy atom. The first kappa shape index (κ1) is 28.9. The second-order valence-electron chi connectivity index (χ2n) is 9.76. The summed E-state index contributed by atoms with van der Waals surface area (Å²) in [6, 6.07) is 13.9. The standard InChI is InChI=1S/C30H25F2N5O6/c31-20-5-1-17(2-6-20)11-15-36-27(40)23(25(38)34-29(36)42)22(19-9-13-33-14-10-19)24-26(39)35-30(43)37(28(24)41)16-12-18-3-7-21(32)8-4-18/h1-10,13-14,22,40-41H,11-12,15-16H2,(H,34,38,42)(H,35,39,43). The number of nitrogens with one attached hydrogen (secondary N) is 2. The number of aromatic amines is 2. The molecule has 5 rings (SSSR count). The van der Waals surface area contributed by atoms with Crippen LogP contribution in [-0.4, -0.2) is 34.3 Å². The summed E-state index contributed by atoms with van der Waals surface area (Å²) in [5.74, 6) is -3.87. The molecule has 0 atom stereocenters. The molecule has 0 spiro atoms. The van der Waals surface area contributed by atoms with E-state index in [1.807, 2.05) is 0 Å². The number of H-pyrrole nitrogens is 2. The van der Waals surface area contributed by atoms with E-state index in [4.69, 9.17) is 0 Å². The maximum atomic E-state index is 13.3. The number of aromatic hydroxyl groups is 2. The molecular formula is C30H25F2N5O6. The Morgan fingerprint density at radius 3 is 1.44 bits per heavy atom. The minimum Gasteiger partial charge on any atom is -0.494 e. The van der Waals surface area contributed by atoms with Gasteiger partial charge in [-0.2, -0.15) is 0 Å². The van der Waals surface area contributed by atoms with Crippen molar-refractivity contribution < 1.29 is 19.0 Å². The summed E-state index contributed by atoms with van der Waals surface area (Å²) < 4.78 is 28.4. The average Bonchev–Trinajstić information content (AvgIpc) is 2.98. The number of nitrogens with zero attached hydrogens (tertiary/aromatic N) is 3. The summed E-state index contributed by atoms with van der Waals surface area (Å²) in [6.45, 7) is -0.245. The van der Waals surface area contributed by atoms with E-state index in [0.29, 0.717) is 11.1 Å². The van der Waals surface area contributed by atoms with Crippen molar-refractivity contribution in [1.29, 1.82) is 0 Å². The molecule has 220 valence electrons. The van der Waals surface area contributed by atoms with Crippen LogP contribution in [0.4, 0.5) is 8.78 Å². The molecule has 0 amide bonds. The summed E-state index contributed by atoms with van der Waals surface area (Å²) in [7, 11) is 0. The number of hydrogen-bond acceptors (Lipinski definition) is 7. The van der Waals surface area contributed by atoms with Crippen molar-refractivity contribution in [3.63, 3.8) is 0 Å². The van der Waals surface area contributed by atoms with Crippen molar-refractivity contribution in [3.05, 3.63) is 154 Å². The average molecular weight is 590 g/mol. The van der Waals surface area contributed by atoms with Gasteiger partial charge in [-0.15, -0.1) is 0 Å². The minimum atomic E-state index is -1.45. The van der Waals surface area contributed by atoms with Gasteiger partial charge in [0.1, 0.15) is 11.6 Å². The van der Waals surface area contributed by atoms with Crippen LogP contribution < -0.4 is 22.5 Å². The first-order valence-corrected chi connectivity index (χ1v) is 13.1. The van der Waals surface area contributed by atoms with Crippen molar-refractivity contribution in [3.8, 4) is 11.8 Å². The SMILES string of the molecule is O=c1[nH]c(=O)n(CCc2ccc(F)cc2)c(O)c1C(c1ccncc1)c1c(O)n(CCc2ccc(F)cc2)c(=O)[nH]c1=O. The first-order valence-electron chi connectivity index (χ1n) is 13.1. The zero-order valence-electron chi connectivity index (χ0n) is 22.5. The number of halogens is 2. The molecule has 0 unspecified atom stereocenters. The summed E-state index contributed by atoms with van der Waals surface area (Å²) >= 11 is 0. The minimum absolute atomic E-state index is 0.122. The fourth-order valence-corrected chi connectivity index (χ4v) is 4.90. The molecule has 13 heteroatoms. The van der Waals surface area contributed by atoms with Crippen molar-refractivity contribution in [1.82, 2.24) is 24.1 Å². The Labute approximate surface area is 241 Å². The Hall–Kier alpha value is -5.59. The highest BCUT2D eigenvalue weighted by atomic mass is 19.1. The van der Waals surface area contributed by atoms with Crippen LogP contribution >= 0.6 is 0 Å². The van der Waals surface area contributed by atoms with Crippen molar-refractivity contribution in [2.45, 2.75) is 31.8 Å². The number of aryl methyl sites for hydroxylation is 2. The summed E-state index contributed by atoms with van der Waals surface area (Å²) in [6.07, 6.45) is 3.10. The van der Waals surface area contributed by atoms with Gasteiger partial charge in [-0.05, 0) is 65.9 Å². The zero-order valence-corrected chi connectivity index (χ0v) is 22.5. The van der Waals surface area contributed by atoms with Crippen LogP contribution in [0.3, 0.4) is 0 Å². The van der Waals surface area contributed by atoms with Gasteiger partial charge in [-0.3, -0.25) is 33.7 Å². The van der Waals surface area contributed by atoms with E-state index < -0.39 is 62.9 Å². The van der Waals surface area contributed by atoms with Crippen LogP contribution in [0, 0.1) is 11.6 Å². The van der Waals surface area contributed by atoms with Crippen molar-refractivity contribution >= 4 is 0 Å². The number of hydrogen-bond donors (Lipinski definition) is 4. The van der Waals surface area contributed by atoms with Gasteiger partial charge in [-0.1, -0.05) is 24.3 Å². The molecular weight excluding hydrogens is 564 g/mol. The maximum absolute atomic E-state index is 13.3. The predicted octanol–water partition coefficient (Wildman–Crippen LogP) is 2.14. The third kappa shape index (κ3) is 6.05. The molecule has 0 saturated carbocycles. The Morgan fingerprint density at radius 1 is 0.651 bits per heavy atom. The fraction of sp³-hybridized carbons (Fsp3) is 0.167. The summed E-state index contributed by atoms with van der Waals surface area (Å²) in [4.78, 5) is 60.2. The lowest BCUT2D eigenvalue weighted by Gasteiger charge is -2.21. The van der Waals surface area contributed by atoms with E-state index in [2.05, 4.69) is 15.0 Å². The molecule has 5 aromatic rings. The third-order valence-electron chi connectivity index (χ3n) is 7.11. The van der Waals surface area contributed by atoms with Crippen LogP contribution in [0.15, 0.2) is 92.2 Å². The van der Waals surface area contributed by atoms with E-state index in [-0.39, 0.29) is 31.5 Å². The molecule has 11 nitrogen and oxygen atoms in total. The highest BCUT2D eigenvalue weighted by Gasteiger charge is 2.32. The summed E-state index contributed by atoms with van der Waals surface area (Å²) in [5.41, 5.74) is -3.24. The van der Waals surface area contributed by atoms with Gasteiger partial charge < -0.3 is 10.2 Å². The Bertz CT molecular complexity index is 1870. The fourth-order valence-electron chi connectivity index (χ4n) is 4.90. The zero-order chi connectivity index (χ0) is 30.7. The van der Waals surface area contributed by atoms with Gasteiger partial charge in [0, 0.05) is 25.5 Å². The van der Waals surface area contributed by atoms with Gasteiger partial charge in [-0.25, -0.2) is 18.4 Å². The van der Waals surface area contributed by atoms with E-state index in [0.717, 1.165) is 9.13 Å². The maximum Gasteiger partial charge on any atom is 0.331 e. The van der Waals surface area contributed by atoms with Gasteiger partial charge in [0.15, 0.2) is 0 Å². The molecule has 3 aromatic heterocycles. The van der Waals surface area contributed by atoms with Gasteiger partial charge >= 0.3 is 11.4 Å². The molecule has 3 heterocycles. The van der Waals surface area contributed by atoms with Crippen LogP contribution in [0.25, 0.3) is 0 Å². The largest absolute Gasteiger partial charge is 0.494 e. The van der Waals surface area contributed by atoms with E-state index in [1.165, 1.54) is 73.1 Å². The molecule has 43 heavy (non-hydrogen) atoms. The number of aromatic nitrogens is 5. The van der Waals surface area contributed by atoms with Gasteiger partial charge in [0.2, 0.25) is 11.8 Å². The number of rotatable bonds is 9.